The van der Waals surface area contributed by atoms with Crippen molar-refractivity contribution in [1.82, 2.24) is 16.0 Å². The molecule has 0 spiro atoms. The monoisotopic (exact) mass is 311 g/mol. The number of rotatable bonds is 1. The van der Waals surface area contributed by atoms with E-state index in [0.717, 1.165) is 35.3 Å². The van der Waals surface area contributed by atoms with Gasteiger partial charge in [-0.3, -0.25) is 10.4 Å². The van der Waals surface area contributed by atoms with E-state index in [2.05, 4.69) is 47.8 Å². The van der Waals surface area contributed by atoms with Crippen LogP contribution in [0.15, 0.2) is 9.21 Å². The largest absolute Gasteiger partial charge is 0.381 e. The van der Waals surface area contributed by atoms with Crippen LogP contribution in [0.2, 0.25) is 0 Å². The van der Waals surface area contributed by atoms with Crippen molar-refractivity contribution in [3.05, 3.63) is 9.21 Å². The maximum Gasteiger partial charge on any atom is 0.129 e. The van der Waals surface area contributed by atoms with Crippen molar-refractivity contribution in [1.29, 1.82) is 0 Å². The molecule has 13 heavy (non-hydrogen) atoms. The lowest BCUT2D eigenvalue weighted by Crippen LogP contribution is -2.46. The lowest BCUT2D eigenvalue weighted by Gasteiger charge is -2.31. The van der Waals surface area contributed by atoms with Gasteiger partial charge in [0, 0.05) is 13.2 Å². The van der Waals surface area contributed by atoms with Crippen molar-refractivity contribution in [2.45, 2.75) is 18.9 Å². The van der Waals surface area contributed by atoms with E-state index < -0.39 is 0 Å². The van der Waals surface area contributed by atoms with E-state index in [4.69, 9.17) is 4.74 Å². The summed E-state index contributed by atoms with van der Waals surface area (Å²) in [5.41, 5.74) is 6.09. The Balaban J connectivity index is 2.00. The molecule has 0 saturated carbocycles. The summed E-state index contributed by atoms with van der Waals surface area (Å²) in [5.74, 6) is 0. The van der Waals surface area contributed by atoms with Gasteiger partial charge in [-0.05, 0) is 44.7 Å². The van der Waals surface area contributed by atoms with Gasteiger partial charge >= 0.3 is 0 Å². The maximum atomic E-state index is 5.30. The number of hydrogen-bond acceptors (Lipinski definition) is 4. The highest BCUT2D eigenvalue weighted by Gasteiger charge is 2.27. The Bertz CT molecular complexity index is 228. The Morgan fingerprint density at radius 3 is 2.54 bits per heavy atom. The Hall–Kier alpha value is 0.220. The second-order valence-corrected chi connectivity index (χ2v) is 4.60. The highest BCUT2D eigenvalue weighted by molar-refractivity contribution is 9.14. The average molecular weight is 313 g/mol. The van der Waals surface area contributed by atoms with Gasteiger partial charge in [0.05, 0.1) is 6.04 Å². The molecule has 1 saturated heterocycles. The molecule has 2 N–H and O–H groups in total. The Morgan fingerprint density at radius 1 is 1.31 bits per heavy atom. The van der Waals surface area contributed by atoms with Crippen LogP contribution in [0.25, 0.3) is 0 Å². The van der Waals surface area contributed by atoms with Crippen molar-refractivity contribution in [2.24, 2.45) is 0 Å². The fourth-order valence-electron chi connectivity index (χ4n) is 1.51. The van der Waals surface area contributed by atoms with Crippen LogP contribution in [-0.2, 0) is 4.74 Å². The Labute approximate surface area is 93.9 Å². The van der Waals surface area contributed by atoms with Crippen LogP contribution in [-0.4, -0.2) is 24.3 Å². The molecule has 0 aliphatic carbocycles. The molecule has 0 aromatic heterocycles. The Morgan fingerprint density at radius 2 is 2.00 bits per heavy atom. The standard InChI is InChI=1S/C7H11Br2N3O/c8-6-7(9)12(11-10-6)5-1-3-13-4-2-5/h5,10-11H,1-4H2. The van der Waals surface area contributed by atoms with Crippen molar-refractivity contribution in [3.8, 4) is 0 Å². The first-order chi connectivity index (χ1) is 6.29. The van der Waals surface area contributed by atoms with Crippen molar-refractivity contribution < 1.29 is 4.74 Å². The van der Waals surface area contributed by atoms with Crippen LogP contribution >= 0.6 is 31.9 Å². The molecule has 0 unspecified atom stereocenters. The van der Waals surface area contributed by atoms with E-state index in [0.29, 0.717) is 6.04 Å². The topological polar surface area (TPSA) is 36.5 Å². The molecule has 0 aromatic carbocycles. The second kappa shape index (κ2) is 4.16. The quantitative estimate of drug-likeness (QED) is 0.718. The molecule has 0 radical (unpaired) electrons. The molecule has 0 aromatic rings. The minimum atomic E-state index is 0.505. The van der Waals surface area contributed by atoms with Gasteiger partial charge in [-0.2, -0.15) is 0 Å². The summed E-state index contributed by atoms with van der Waals surface area (Å²) < 4.78 is 7.27. The number of hydrogen-bond donors (Lipinski definition) is 2. The summed E-state index contributed by atoms with van der Waals surface area (Å²) in [6, 6.07) is 0.505. The molecule has 6 heteroatoms. The number of hydrazine groups is 2. The highest BCUT2D eigenvalue weighted by atomic mass is 79.9. The lowest BCUT2D eigenvalue weighted by molar-refractivity contribution is 0.0337. The van der Waals surface area contributed by atoms with Gasteiger partial charge in [0.15, 0.2) is 0 Å². The van der Waals surface area contributed by atoms with Gasteiger partial charge in [-0.15, -0.1) is 5.53 Å². The SMILES string of the molecule is BrC1=C(Br)N(C2CCOCC2)NN1. The molecule has 0 bridgehead atoms. The predicted molar refractivity (Wildman–Crippen MR) is 56.8 cm³/mol. The minimum Gasteiger partial charge on any atom is -0.381 e. The van der Waals surface area contributed by atoms with Crippen LogP contribution < -0.4 is 11.0 Å². The number of nitrogens with zero attached hydrogens (tertiary/aromatic N) is 1. The van der Waals surface area contributed by atoms with E-state index in [-0.39, 0.29) is 0 Å². The van der Waals surface area contributed by atoms with Crippen molar-refractivity contribution in [2.75, 3.05) is 13.2 Å². The van der Waals surface area contributed by atoms with Gasteiger partial charge in [0.1, 0.15) is 9.21 Å². The summed E-state index contributed by atoms with van der Waals surface area (Å²) in [6.45, 7) is 1.70. The van der Waals surface area contributed by atoms with Gasteiger partial charge < -0.3 is 4.74 Å². The zero-order valence-electron chi connectivity index (χ0n) is 7.02. The van der Waals surface area contributed by atoms with E-state index in [1.54, 1.807) is 0 Å². The van der Waals surface area contributed by atoms with Crippen LogP contribution in [0.5, 0.6) is 0 Å². The first-order valence-corrected chi connectivity index (χ1v) is 5.81. The summed E-state index contributed by atoms with van der Waals surface area (Å²) in [7, 11) is 0. The minimum absolute atomic E-state index is 0.505. The normalized spacial score (nSPS) is 25.2. The molecule has 1 fully saturated rings. The van der Waals surface area contributed by atoms with Gasteiger partial charge in [-0.1, -0.05) is 0 Å². The Kier molecular flexibility index (Phi) is 3.13. The molecule has 0 atom stereocenters. The highest BCUT2D eigenvalue weighted by Crippen LogP contribution is 2.27. The van der Waals surface area contributed by atoms with Crippen molar-refractivity contribution in [3.63, 3.8) is 0 Å². The van der Waals surface area contributed by atoms with E-state index in [1.807, 2.05) is 0 Å². The van der Waals surface area contributed by atoms with Crippen LogP contribution in [0, 0.1) is 0 Å². The van der Waals surface area contributed by atoms with Gasteiger partial charge in [-0.25, -0.2) is 0 Å². The molecule has 2 aliphatic rings. The molecule has 74 valence electrons. The third kappa shape index (κ3) is 2.01. The van der Waals surface area contributed by atoms with Gasteiger partial charge in [0.2, 0.25) is 0 Å². The molecule has 2 heterocycles. The molecular weight excluding hydrogens is 302 g/mol. The van der Waals surface area contributed by atoms with Crippen molar-refractivity contribution >= 4 is 31.9 Å². The average Bonchev–Trinajstić information content (AvgIpc) is 2.49. The number of halogens is 2. The molecule has 4 nitrogen and oxygen atoms in total. The third-order valence-corrected chi connectivity index (χ3v) is 4.12. The molecule has 0 amide bonds. The van der Waals surface area contributed by atoms with Crippen LogP contribution in [0.3, 0.4) is 0 Å². The van der Waals surface area contributed by atoms with Crippen LogP contribution in [0.1, 0.15) is 12.8 Å². The predicted octanol–water partition coefficient (Wildman–Crippen LogP) is 1.41. The fourth-order valence-corrected chi connectivity index (χ4v) is 2.27. The molecule has 2 rings (SSSR count). The summed E-state index contributed by atoms with van der Waals surface area (Å²) >= 11 is 6.90. The smallest absolute Gasteiger partial charge is 0.129 e. The summed E-state index contributed by atoms with van der Waals surface area (Å²) in [4.78, 5) is 0. The van der Waals surface area contributed by atoms with E-state index in [9.17, 15) is 0 Å². The first-order valence-electron chi connectivity index (χ1n) is 4.23. The number of ether oxygens (including phenoxy) is 1. The third-order valence-electron chi connectivity index (χ3n) is 2.23. The molecular formula is C7H11Br2N3O. The second-order valence-electron chi connectivity index (χ2n) is 3.06. The summed E-state index contributed by atoms with van der Waals surface area (Å²) in [5, 5.41) is 2.09. The zero-order chi connectivity index (χ0) is 9.26. The fraction of sp³-hybridized carbons (Fsp3) is 0.714. The summed E-state index contributed by atoms with van der Waals surface area (Å²) in [6.07, 6.45) is 2.12. The van der Waals surface area contributed by atoms with E-state index in [1.165, 1.54) is 0 Å². The van der Waals surface area contributed by atoms with E-state index >= 15 is 0 Å². The maximum absolute atomic E-state index is 5.30. The first kappa shape index (κ1) is 9.76. The van der Waals surface area contributed by atoms with Crippen LogP contribution in [0.4, 0.5) is 0 Å². The number of nitrogens with one attached hydrogen (secondary N) is 2. The van der Waals surface area contributed by atoms with Gasteiger partial charge in [0.25, 0.3) is 0 Å². The zero-order valence-corrected chi connectivity index (χ0v) is 10.2. The molecule has 2 aliphatic heterocycles. The lowest BCUT2D eigenvalue weighted by atomic mass is 10.1.